The van der Waals surface area contributed by atoms with E-state index in [-0.39, 0.29) is 16.8 Å². The van der Waals surface area contributed by atoms with Gasteiger partial charge < -0.3 is 5.32 Å². The van der Waals surface area contributed by atoms with E-state index in [1.54, 1.807) is 12.1 Å². The van der Waals surface area contributed by atoms with E-state index in [0.29, 0.717) is 17.7 Å². The van der Waals surface area contributed by atoms with Crippen molar-refractivity contribution in [2.45, 2.75) is 53.1 Å². The molecule has 0 aromatic heterocycles. The summed E-state index contributed by atoms with van der Waals surface area (Å²) in [7, 11) is 0. The van der Waals surface area contributed by atoms with E-state index in [9.17, 15) is 4.39 Å². The van der Waals surface area contributed by atoms with Crippen molar-refractivity contribution < 1.29 is 4.39 Å². The smallest absolute Gasteiger partial charge is 0.129 e. The van der Waals surface area contributed by atoms with Crippen molar-refractivity contribution in [2.75, 3.05) is 0 Å². The summed E-state index contributed by atoms with van der Waals surface area (Å²) in [4.78, 5) is 0. The SMILES string of the molecule is CC(C)(C)CC(C)(C)NCc1ccc(C#N)cc1F. The third-order valence-corrected chi connectivity index (χ3v) is 2.91. The molecule has 0 aliphatic heterocycles. The summed E-state index contributed by atoms with van der Waals surface area (Å²) in [6.07, 6.45) is 0.998. The van der Waals surface area contributed by atoms with Gasteiger partial charge in [-0.1, -0.05) is 26.8 Å². The van der Waals surface area contributed by atoms with E-state index in [4.69, 9.17) is 5.26 Å². The molecule has 1 rings (SSSR count). The fraction of sp³-hybridized carbons (Fsp3) is 0.562. The molecule has 0 fully saturated rings. The largest absolute Gasteiger partial charge is 0.308 e. The Kier molecular flexibility index (Phi) is 4.70. The molecule has 1 aromatic carbocycles. The van der Waals surface area contributed by atoms with E-state index in [0.717, 1.165) is 6.42 Å². The van der Waals surface area contributed by atoms with Crippen LogP contribution in [0, 0.1) is 22.6 Å². The van der Waals surface area contributed by atoms with Crippen LogP contribution < -0.4 is 5.32 Å². The van der Waals surface area contributed by atoms with Gasteiger partial charge in [0.25, 0.3) is 0 Å². The maximum absolute atomic E-state index is 13.8. The van der Waals surface area contributed by atoms with Crippen LogP contribution in [0.25, 0.3) is 0 Å². The second-order valence-electron chi connectivity index (χ2n) is 6.89. The minimum Gasteiger partial charge on any atom is -0.308 e. The zero-order chi connectivity index (χ0) is 14.7. The van der Waals surface area contributed by atoms with Crippen molar-refractivity contribution in [3.05, 3.63) is 35.1 Å². The highest BCUT2D eigenvalue weighted by Gasteiger charge is 2.24. The predicted octanol–water partition coefficient (Wildman–Crippen LogP) is 4.00. The summed E-state index contributed by atoms with van der Waals surface area (Å²) in [5.74, 6) is -0.321. The molecule has 0 spiro atoms. The molecule has 0 atom stereocenters. The monoisotopic (exact) mass is 262 g/mol. The van der Waals surface area contributed by atoms with Gasteiger partial charge in [0.1, 0.15) is 5.82 Å². The summed E-state index contributed by atoms with van der Waals surface area (Å²) < 4.78 is 13.8. The Labute approximate surface area is 115 Å². The Hall–Kier alpha value is -1.40. The molecule has 0 unspecified atom stereocenters. The molecule has 104 valence electrons. The van der Waals surface area contributed by atoms with E-state index in [1.165, 1.54) is 6.07 Å². The van der Waals surface area contributed by atoms with Crippen LogP contribution in [0.2, 0.25) is 0 Å². The van der Waals surface area contributed by atoms with Crippen molar-refractivity contribution >= 4 is 0 Å². The molecule has 2 nitrogen and oxygen atoms in total. The van der Waals surface area contributed by atoms with Crippen LogP contribution in [0.1, 0.15) is 52.2 Å². The van der Waals surface area contributed by atoms with Crippen LogP contribution >= 0.6 is 0 Å². The topological polar surface area (TPSA) is 35.8 Å². The van der Waals surface area contributed by atoms with Crippen LogP contribution in [-0.2, 0) is 6.54 Å². The number of nitriles is 1. The van der Waals surface area contributed by atoms with E-state index < -0.39 is 0 Å². The molecule has 0 saturated heterocycles. The quantitative estimate of drug-likeness (QED) is 0.890. The zero-order valence-corrected chi connectivity index (χ0v) is 12.5. The molecule has 0 saturated carbocycles. The van der Waals surface area contributed by atoms with Gasteiger partial charge in [-0.3, -0.25) is 0 Å². The molecule has 1 aromatic rings. The lowest BCUT2D eigenvalue weighted by atomic mass is 9.82. The Balaban J connectivity index is 2.69. The van der Waals surface area contributed by atoms with Gasteiger partial charge in [0.15, 0.2) is 0 Å². The van der Waals surface area contributed by atoms with Crippen molar-refractivity contribution in [1.29, 1.82) is 5.26 Å². The minimum absolute atomic E-state index is 0.0570. The lowest BCUT2D eigenvalue weighted by Crippen LogP contribution is -2.42. The van der Waals surface area contributed by atoms with Gasteiger partial charge in [0.05, 0.1) is 11.6 Å². The Bertz CT molecular complexity index is 479. The lowest BCUT2D eigenvalue weighted by molar-refractivity contribution is 0.240. The number of hydrogen-bond donors (Lipinski definition) is 1. The average molecular weight is 262 g/mol. The molecule has 0 radical (unpaired) electrons. The summed E-state index contributed by atoms with van der Waals surface area (Å²) >= 11 is 0. The molecule has 0 heterocycles. The Morgan fingerprint density at radius 3 is 2.32 bits per heavy atom. The Morgan fingerprint density at radius 2 is 1.84 bits per heavy atom. The Morgan fingerprint density at radius 1 is 1.21 bits per heavy atom. The third kappa shape index (κ3) is 5.40. The minimum atomic E-state index is -0.321. The average Bonchev–Trinajstić information content (AvgIpc) is 2.24. The van der Waals surface area contributed by atoms with Gasteiger partial charge in [-0.15, -0.1) is 0 Å². The molecule has 19 heavy (non-hydrogen) atoms. The van der Waals surface area contributed by atoms with Gasteiger partial charge in [0.2, 0.25) is 0 Å². The maximum atomic E-state index is 13.8. The fourth-order valence-corrected chi connectivity index (χ4v) is 2.48. The highest BCUT2D eigenvalue weighted by molar-refractivity contribution is 5.32. The van der Waals surface area contributed by atoms with Crippen LogP contribution in [0.4, 0.5) is 4.39 Å². The third-order valence-electron chi connectivity index (χ3n) is 2.91. The first-order valence-corrected chi connectivity index (χ1v) is 6.56. The van der Waals surface area contributed by atoms with Crippen molar-refractivity contribution in [1.82, 2.24) is 5.32 Å². The predicted molar refractivity (Wildman–Crippen MR) is 76.1 cm³/mol. The molecular formula is C16H23FN2. The number of rotatable bonds is 4. The van der Waals surface area contributed by atoms with Gasteiger partial charge in [-0.25, -0.2) is 4.39 Å². The second-order valence-corrected chi connectivity index (χ2v) is 6.89. The summed E-state index contributed by atoms with van der Waals surface area (Å²) in [5, 5.41) is 12.1. The zero-order valence-electron chi connectivity index (χ0n) is 12.5. The fourth-order valence-electron chi connectivity index (χ4n) is 2.48. The normalized spacial score (nSPS) is 12.3. The first-order chi connectivity index (χ1) is 8.63. The summed E-state index contributed by atoms with van der Waals surface area (Å²) in [6.45, 7) is 11.3. The number of halogens is 1. The molecule has 3 heteroatoms. The summed E-state index contributed by atoms with van der Waals surface area (Å²) in [6, 6.07) is 6.55. The number of nitrogens with one attached hydrogen (secondary N) is 1. The van der Waals surface area contributed by atoms with Gasteiger partial charge in [-0.05, 0) is 37.8 Å². The first kappa shape index (κ1) is 15.7. The first-order valence-electron chi connectivity index (χ1n) is 6.56. The van der Waals surface area contributed by atoms with Gasteiger partial charge in [-0.2, -0.15) is 5.26 Å². The molecule has 0 aliphatic carbocycles. The van der Waals surface area contributed by atoms with Crippen LogP contribution in [0.5, 0.6) is 0 Å². The van der Waals surface area contributed by atoms with E-state index in [1.807, 2.05) is 6.07 Å². The highest BCUT2D eigenvalue weighted by atomic mass is 19.1. The van der Waals surface area contributed by atoms with Gasteiger partial charge in [0, 0.05) is 17.6 Å². The molecular weight excluding hydrogens is 239 g/mol. The van der Waals surface area contributed by atoms with Crippen LogP contribution in [-0.4, -0.2) is 5.54 Å². The van der Waals surface area contributed by atoms with Crippen molar-refractivity contribution in [3.8, 4) is 6.07 Å². The van der Waals surface area contributed by atoms with E-state index >= 15 is 0 Å². The maximum Gasteiger partial charge on any atom is 0.129 e. The van der Waals surface area contributed by atoms with Crippen LogP contribution in [0.15, 0.2) is 18.2 Å². The number of benzene rings is 1. The number of nitrogens with zero attached hydrogens (tertiary/aromatic N) is 1. The van der Waals surface area contributed by atoms with Crippen LogP contribution in [0.3, 0.4) is 0 Å². The molecule has 1 N–H and O–H groups in total. The van der Waals surface area contributed by atoms with Crippen molar-refractivity contribution in [3.63, 3.8) is 0 Å². The highest BCUT2D eigenvalue weighted by Crippen LogP contribution is 2.27. The second kappa shape index (κ2) is 5.71. The summed E-state index contributed by atoms with van der Waals surface area (Å²) in [5.41, 5.74) is 1.12. The lowest BCUT2D eigenvalue weighted by Gasteiger charge is -2.33. The van der Waals surface area contributed by atoms with Crippen molar-refractivity contribution in [2.24, 2.45) is 5.41 Å². The molecule has 0 amide bonds. The standard InChI is InChI=1S/C16H23FN2/c1-15(2,3)11-16(4,5)19-10-13-7-6-12(9-18)8-14(13)17/h6-8,19H,10-11H2,1-5H3. The molecule has 0 bridgehead atoms. The number of hydrogen-bond acceptors (Lipinski definition) is 2. The van der Waals surface area contributed by atoms with Gasteiger partial charge >= 0.3 is 0 Å². The van der Waals surface area contributed by atoms with E-state index in [2.05, 4.69) is 39.9 Å². The molecule has 0 aliphatic rings.